The van der Waals surface area contributed by atoms with Gasteiger partial charge in [0.05, 0.1) is 6.54 Å². The third-order valence-corrected chi connectivity index (χ3v) is 3.11. The van der Waals surface area contributed by atoms with Gasteiger partial charge in [0.1, 0.15) is 0 Å². The minimum atomic E-state index is -0.174. The number of halogens is 1. The molecule has 0 radical (unpaired) electrons. The molecule has 18 heavy (non-hydrogen) atoms. The van der Waals surface area contributed by atoms with Crippen LogP contribution in [-0.4, -0.2) is 31.4 Å². The van der Waals surface area contributed by atoms with E-state index in [0.717, 1.165) is 12.8 Å². The molecule has 1 fully saturated rings. The van der Waals surface area contributed by atoms with Gasteiger partial charge in [0.15, 0.2) is 0 Å². The highest BCUT2D eigenvalue weighted by Crippen LogP contribution is 2.25. The molecule has 1 saturated carbocycles. The van der Waals surface area contributed by atoms with Crippen LogP contribution in [-0.2, 0) is 9.59 Å². The summed E-state index contributed by atoms with van der Waals surface area (Å²) in [6.07, 6.45) is 6.60. The Kier molecular flexibility index (Phi) is 9.69. The molecule has 0 aliphatic heterocycles. The van der Waals surface area contributed by atoms with Crippen LogP contribution in [0.25, 0.3) is 0 Å². The van der Waals surface area contributed by atoms with Gasteiger partial charge < -0.3 is 16.4 Å². The van der Waals surface area contributed by atoms with Crippen LogP contribution in [0.5, 0.6) is 0 Å². The van der Waals surface area contributed by atoms with Gasteiger partial charge in [-0.3, -0.25) is 9.59 Å². The molecule has 0 aromatic rings. The average molecular weight is 278 g/mol. The zero-order valence-electron chi connectivity index (χ0n) is 10.7. The lowest BCUT2D eigenvalue weighted by molar-refractivity contribution is -0.126. The summed E-state index contributed by atoms with van der Waals surface area (Å²) in [5, 5.41) is 5.26. The van der Waals surface area contributed by atoms with Crippen molar-refractivity contribution in [1.29, 1.82) is 0 Å². The highest BCUT2D eigenvalue weighted by Gasteiger charge is 2.17. The van der Waals surface area contributed by atoms with Gasteiger partial charge in [-0.2, -0.15) is 0 Å². The predicted molar refractivity (Wildman–Crippen MR) is 73.5 cm³/mol. The summed E-state index contributed by atoms with van der Waals surface area (Å²) in [6, 6.07) is 0. The molecule has 1 rings (SSSR count). The number of rotatable bonds is 6. The molecule has 0 aromatic heterocycles. The summed E-state index contributed by atoms with van der Waals surface area (Å²) in [7, 11) is 0. The van der Waals surface area contributed by atoms with Gasteiger partial charge in [0.2, 0.25) is 11.8 Å². The van der Waals surface area contributed by atoms with Crippen molar-refractivity contribution >= 4 is 24.2 Å². The number of hydrogen-bond donors (Lipinski definition) is 3. The minimum absolute atomic E-state index is 0. The van der Waals surface area contributed by atoms with Crippen LogP contribution in [0.2, 0.25) is 0 Å². The molecule has 0 bridgehead atoms. The van der Waals surface area contributed by atoms with E-state index in [1.807, 2.05) is 0 Å². The van der Waals surface area contributed by atoms with Gasteiger partial charge in [-0.15, -0.1) is 12.4 Å². The number of carbonyl (C=O) groups excluding carboxylic acids is 2. The van der Waals surface area contributed by atoms with E-state index in [1.54, 1.807) is 0 Å². The monoisotopic (exact) mass is 277 g/mol. The molecule has 0 spiro atoms. The van der Waals surface area contributed by atoms with E-state index in [4.69, 9.17) is 5.73 Å². The standard InChI is InChI=1S/C12H23N3O2.ClH/c13-6-7-14-12(17)9-15-11(16)8-10-4-2-1-3-5-10;/h10H,1-9,13H2,(H,14,17)(H,15,16);1H. The Hall–Kier alpha value is -0.810. The molecule has 4 N–H and O–H groups in total. The van der Waals surface area contributed by atoms with Crippen LogP contribution in [0.4, 0.5) is 0 Å². The number of hydrogen-bond acceptors (Lipinski definition) is 3. The largest absolute Gasteiger partial charge is 0.353 e. The third-order valence-electron chi connectivity index (χ3n) is 3.11. The highest BCUT2D eigenvalue weighted by atomic mass is 35.5. The molecule has 6 heteroatoms. The first-order valence-electron chi connectivity index (χ1n) is 6.46. The maximum atomic E-state index is 11.6. The zero-order valence-corrected chi connectivity index (χ0v) is 11.6. The Labute approximate surface area is 115 Å². The van der Waals surface area contributed by atoms with Crippen LogP contribution in [0.15, 0.2) is 0 Å². The smallest absolute Gasteiger partial charge is 0.239 e. The fourth-order valence-electron chi connectivity index (χ4n) is 2.18. The van der Waals surface area contributed by atoms with E-state index in [9.17, 15) is 9.59 Å². The van der Waals surface area contributed by atoms with Crippen molar-refractivity contribution in [2.24, 2.45) is 11.7 Å². The number of carbonyl (C=O) groups is 2. The summed E-state index contributed by atoms with van der Waals surface area (Å²) >= 11 is 0. The third kappa shape index (κ3) is 7.50. The maximum absolute atomic E-state index is 11.6. The molecule has 1 aliphatic carbocycles. The summed E-state index contributed by atoms with van der Waals surface area (Å²) in [4.78, 5) is 22.8. The van der Waals surface area contributed by atoms with Crippen molar-refractivity contribution < 1.29 is 9.59 Å². The summed E-state index contributed by atoms with van der Waals surface area (Å²) in [6.45, 7) is 0.935. The lowest BCUT2D eigenvalue weighted by atomic mass is 9.87. The molecule has 106 valence electrons. The lowest BCUT2D eigenvalue weighted by Gasteiger charge is -2.20. The SMILES string of the molecule is Cl.NCCNC(=O)CNC(=O)CC1CCCCC1. The first-order chi connectivity index (χ1) is 8.22. The fourth-order valence-corrected chi connectivity index (χ4v) is 2.18. The molecular weight excluding hydrogens is 254 g/mol. The minimum Gasteiger partial charge on any atom is -0.353 e. The van der Waals surface area contributed by atoms with E-state index in [2.05, 4.69) is 10.6 Å². The molecule has 0 heterocycles. The van der Waals surface area contributed by atoms with Crippen molar-refractivity contribution in [3.63, 3.8) is 0 Å². The second-order valence-corrected chi connectivity index (χ2v) is 4.62. The Morgan fingerprint density at radius 3 is 2.33 bits per heavy atom. The maximum Gasteiger partial charge on any atom is 0.239 e. The summed E-state index contributed by atoms with van der Waals surface area (Å²) in [5.74, 6) is 0.322. The van der Waals surface area contributed by atoms with Gasteiger partial charge in [-0.05, 0) is 18.8 Å². The van der Waals surface area contributed by atoms with Crippen molar-refractivity contribution in [3.8, 4) is 0 Å². The van der Waals surface area contributed by atoms with Gasteiger partial charge in [0, 0.05) is 19.5 Å². The predicted octanol–water partition coefficient (Wildman–Crippen LogP) is 0.570. The van der Waals surface area contributed by atoms with Gasteiger partial charge >= 0.3 is 0 Å². The van der Waals surface area contributed by atoms with Crippen LogP contribution < -0.4 is 16.4 Å². The molecular formula is C12H24ClN3O2. The fraction of sp³-hybridized carbons (Fsp3) is 0.833. The Morgan fingerprint density at radius 2 is 1.72 bits per heavy atom. The summed E-state index contributed by atoms with van der Waals surface area (Å²) < 4.78 is 0. The average Bonchev–Trinajstić information content (AvgIpc) is 2.35. The molecule has 0 saturated heterocycles. The Morgan fingerprint density at radius 1 is 1.06 bits per heavy atom. The van der Waals surface area contributed by atoms with Crippen LogP contribution in [0.1, 0.15) is 38.5 Å². The van der Waals surface area contributed by atoms with Gasteiger partial charge in [-0.1, -0.05) is 19.3 Å². The normalized spacial score (nSPS) is 15.6. The van der Waals surface area contributed by atoms with Crippen molar-refractivity contribution in [1.82, 2.24) is 10.6 Å². The lowest BCUT2D eigenvalue weighted by Crippen LogP contribution is -2.39. The summed E-state index contributed by atoms with van der Waals surface area (Å²) in [5.41, 5.74) is 5.25. The number of nitrogens with two attached hydrogens (primary N) is 1. The second-order valence-electron chi connectivity index (χ2n) is 4.62. The number of nitrogens with one attached hydrogen (secondary N) is 2. The first-order valence-corrected chi connectivity index (χ1v) is 6.46. The quantitative estimate of drug-likeness (QED) is 0.664. The van der Waals surface area contributed by atoms with E-state index >= 15 is 0 Å². The van der Waals surface area contributed by atoms with E-state index < -0.39 is 0 Å². The molecule has 0 aromatic carbocycles. The van der Waals surface area contributed by atoms with Crippen LogP contribution >= 0.6 is 12.4 Å². The Bertz CT molecular complexity index is 256. The second kappa shape index (κ2) is 10.1. The number of amides is 2. The van der Waals surface area contributed by atoms with E-state index in [-0.39, 0.29) is 30.8 Å². The van der Waals surface area contributed by atoms with Crippen LogP contribution in [0, 0.1) is 5.92 Å². The molecule has 1 aliphatic rings. The van der Waals surface area contributed by atoms with Gasteiger partial charge in [0.25, 0.3) is 0 Å². The van der Waals surface area contributed by atoms with Crippen molar-refractivity contribution in [3.05, 3.63) is 0 Å². The zero-order chi connectivity index (χ0) is 12.5. The van der Waals surface area contributed by atoms with E-state index in [0.29, 0.717) is 25.4 Å². The highest BCUT2D eigenvalue weighted by molar-refractivity contribution is 5.85. The molecule has 2 amide bonds. The molecule has 0 atom stereocenters. The van der Waals surface area contributed by atoms with E-state index in [1.165, 1.54) is 19.3 Å². The van der Waals surface area contributed by atoms with Gasteiger partial charge in [-0.25, -0.2) is 0 Å². The first kappa shape index (κ1) is 17.2. The molecule has 0 unspecified atom stereocenters. The Balaban J connectivity index is 0.00000289. The van der Waals surface area contributed by atoms with Crippen molar-refractivity contribution in [2.75, 3.05) is 19.6 Å². The van der Waals surface area contributed by atoms with Crippen LogP contribution in [0.3, 0.4) is 0 Å². The van der Waals surface area contributed by atoms with Crippen molar-refractivity contribution in [2.45, 2.75) is 38.5 Å². The topological polar surface area (TPSA) is 84.2 Å². The molecule has 5 nitrogen and oxygen atoms in total.